The van der Waals surface area contributed by atoms with Gasteiger partial charge in [-0.1, -0.05) is 13.8 Å². The first-order valence-corrected chi connectivity index (χ1v) is 6.74. The standard InChI is InChI=1S/C15H18N2O4/c1-8(2)13(15(20)21-3)17-14(19)9-4-5-11-10(6-9)7-12(18)16-11/h4-6,8,13H,7H2,1-3H3,(H,16,18)(H,17,19)/t13-/m0/s1. The van der Waals surface area contributed by atoms with Crippen molar-refractivity contribution >= 4 is 23.5 Å². The van der Waals surface area contributed by atoms with Gasteiger partial charge < -0.3 is 15.4 Å². The lowest BCUT2D eigenvalue weighted by atomic mass is 10.0. The minimum atomic E-state index is -0.699. The van der Waals surface area contributed by atoms with Gasteiger partial charge in [0.1, 0.15) is 6.04 Å². The predicted octanol–water partition coefficient (Wildman–Crippen LogP) is 1.11. The molecule has 6 heteroatoms. The number of benzene rings is 1. The lowest BCUT2D eigenvalue weighted by Crippen LogP contribution is -2.45. The fraction of sp³-hybridized carbons (Fsp3) is 0.400. The molecule has 1 aromatic carbocycles. The Bertz CT molecular complexity index is 595. The highest BCUT2D eigenvalue weighted by Gasteiger charge is 2.26. The van der Waals surface area contributed by atoms with Gasteiger partial charge in [0.15, 0.2) is 0 Å². The number of ether oxygens (including phenoxy) is 1. The average molecular weight is 290 g/mol. The van der Waals surface area contributed by atoms with Gasteiger partial charge >= 0.3 is 5.97 Å². The van der Waals surface area contributed by atoms with Crippen LogP contribution in [0.2, 0.25) is 0 Å². The molecule has 2 N–H and O–H groups in total. The maximum Gasteiger partial charge on any atom is 0.328 e. The average Bonchev–Trinajstić information content (AvgIpc) is 2.82. The van der Waals surface area contributed by atoms with Crippen LogP contribution in [0.4, 0.5) is 5.69 Å². The van der Waals surface area contributed by atoms with Crippen LogP contribution in [0, 0.1) is 5.92 Å². The van der Waals surface area contributed by atoms with Crippen LogP contribution in [-0.2, 0) is 20.7 Å². The summed E-state index contributed by atoms with van der Waals surface area (Å²) >= 11 is 0. The third kappa shape index (κ3) is 3.21. The minimum absolute atomic E-state index is 0.0842. The molecule has 2 amide bonds. The third-order valence-corrected chi connectivity index (χ3v) is 3.40. The van der Waals surface area contributed by atoms with Crippen molar-refractivity contribution < 1.29 is 19.1 Å². The molecule has 1 aliphatic heterocycles. The number of hydrogen-bond acceptors (Lipinski definition) is 4. The van der Waals surface area contributed by atoms with Crippen LogP contribution in [0.3, 0.4) is 0 Å². The second-order valence-corrected chi connectivity index (χ2v) is 5.32. The number of esters is 1. The zero-order valence-electron chi connectivity index (χ0n) is 12.2. The van der Waals surface area contributed by atoms with E-state index in [1.165, 1.54) is 7.11 Å². The molecule has 1 atom stereocenters. The lowest BCUT2D eigenvalue weighted by molar-refractivity contribution is -0.144. The molecule has 1 aliphatic rings. The maximum absolute atomic E-state index is 12.2. The number of nitrogens with one attached hydrogen (secondary N) is 2. The monoisotopic (exact) mass is 290 g/mol. The first-order valence-electron chi connectivity index (χ1n) is 6.74. The van der Waals surface area contributed by atoms with Crippen molar-refractivity contribution in [1.82, 2.24) is 5.32 Å². The number of rotatable bonds is 4. The Kier molecular flexibility index (Phi) is 4.26. The van der Waals surface area contributed by atoms with E-state index < -0.39 is 12.0 Å². The van der Waals surface area contributed by atoms with Crippen LogP contribution < -0.4 is 10.6 Å². The topological polar surface area (TPSA) is 84.5 Å². The summed E-state index contributed by atoms with van der Waals surface area (Å²) in [5, 5.41) is 5.37. The van der Waals surface area contributed by atoms with Crippen molar-refractivity contribution in [3.8, 4) is 0 Å². The molecule has 1 aromatic rings. The zero-order valence-corrected chi connectivity index (χ0v) is 12.2. The number of anilines is 1. The minimum Gasteiger partial charge on any atom is -0.467 e. The molecule has 0 fully saturated rings. The van der Waals surface area contributed by atoms with E-state index in [0.29, 0.717) is 5.56 Å². The van der Waals surface area contributed by atoms with Crippen molar-refractivity contribution in [1.29, 1.82) is 0 Å². The number of carbonyl (C=O) groups is 3. The van der Waals surface area contributed by atoms with Gasteiger partial charge in [0.2, 0.25) is 5.91 Å². The summed E-state index contributed by atoms with van der Waals surface area (Å²) in [6.45, 7) is 3.65. The summed E-state index contributed by atoms with van der Waals surface area (Å²) in [6.07, 6.45) is 0.265. The fourth-order valence-corrected chi connectivity index (χ4v) is 2.22. The van der Waals surface area contributed by atoms with Crippen molar-refractivity contribution in [3.05, 3.63) is 29.3 Å². The zero-order chi connectivity index (χ0) is 15.6. The Morgan fingerprint density at radius 2 is 2.05 bits per heavy atom. The molecule has 0 spiro atoms. The fourth-order valence-electron chi connectivity index (χ4n) is 2.22. The molecule has 0 saturated carbocycles. The highest BCUT2D eigenvalue weighted by Crippen LogP contribution is 2.23. The summed E-state index contributed by atoms with van der Waals surface area (Å²) in [6, 6.07) is 4.28. The molecular formula is C15H18N2O4. The molecule has 6 nitrogen and oxygen atoms in total. The molecule has 21 heavy (non-hydrogen) atoms. The SMILES string of the molecule is COC(=O)[C@@H](NC(=O)c1ccc2c(c1)CC(=O)N2)C(C)C. The predicted molar refractivity (Wildman–Crippen MR) is 76.9 cm³/mol. The molecule has 0 bridgehead atoms. The van der Waals surface area contributed by atoms with Gasteiger partial charge in [0.05, 0.1) is 13.5 Å². The number of carbonyl (C=O) groups excluding carboxylic acids is 3. The summed E-state index contributed by atoms with van der Waals surface area (Å²) in [4.78, 5) is 35.2. The summed E-state index contributed by atoms with van der Waals surface area (Å²) in [7, 11) is 1.29. The number of fused-ring (bicyclic) bond motifs is 1. The largest absolute Gasteiger partial charge is 0.467 e. The number of hydrogen-bond donors (Lipinski definition) is 2. The third-order valence-electron chi connectivity index (χ3n) is 3.40. The van der Waals surface area contributed by atoms with Gasteiger partial charge in [0, 0.05) is 11.3 Å². The Hall–Kier alpha value is -2.37. The van der Waals surface area contributed by atoms with E-state index in [0.717, 1.165) is 11.3 Å². The van der Waals surface area contributed by atoms with Gasteiger partial charge in [0.25, 0.3) is 5.91 Å². The number of amides is 2. The van der Waals surface area contributed by atoms with Crippen LogP contribution >= 0.6 is 0 Å². The van der Waals surface area contributed by atoms with Gasteiger partial charge in [-0.15, -0.1) is 0 Å². The van der Waals surface area contributed by atoms with E-state index in [9.17, 15) is 14.4 Å². The Labute approximate surface area is 122 Å². The van der Waals surface area contributed by atoms with Crippen LogP contribution in [0.25, 0.3) is 0 Å². The summed E-state index contributed by atoms with van der Waals surface area (Å²) in [5.41, 5.74) is 1.93. The van der Waals surface area contributed by atoms with Crippen molar-refractivity contribution in [2.75, 3.05) is 12.4 Å². The lowest BCUT2D eigenvalue weighted by Gasteiger charge is -2.19. The summed E-state index contributed by atoms with van der Waals surface area (Å²) in [5.74, 6) is -1.01. The molecule has 112 valence electrons. The Morgan fingerprint density at radius 3 is 2.67 bits per heavy atom. The van der Waals surface area contributed by atoms with E-state index in [1.807, 2.05) is 13.8 Å². The quantitative estimate of drug-likeness (QED) is 0.814. The van der Waals surface area contributed by atoms with Gasteiger partial charge in [-0.2, -0.15) is 0 Å². The molecule has 0 radical (unpaired) electrons. The second-order valence-electron chi connectivity index (χ2n) is 5.32. The number of methoxy groups -OCH3 is 1. The van der Waals surface area contributed by atoms with Gasteiger partial charge in [-0.05, 0) is 29.7 Å². The van der Waals surface area contributed by atoms with Crippen LogP contribution in [0.15, 0.2) is 18.2 Å². The van der Waals surface area contributed by atoms with Crippen molar-refractivity contribution in [3.63, 3.8) is 0 Å². The van der Waals surface area contributed by atoms with E-state index >= 15 is 0 Å². The molecular weight excluding hydrogens is 272 g/mol. The second kappa shape index (κ2) is 5.95. The maximum atomic E-state index is 12.2. The van der Waals surface area contributed by atoms with E-state index in [2.05, 4.69) is 10.6 Å². The van der Waals surface area contributed by atoms with E-state index in [1.54, 1.807) is 18.2 Å². The molecule has 2 rings (SSSR count). The van der Waals surface area contributed by atoms with Crippen molar-refractivity contribution in [2.45, 2.75) is 26.3 Å². The first-order chi connectivity index (χ1) is 9.92. The smallest absolute Gasteiger partial charge is 0.328 e. The first kappa shape index (κ1) is 15.0. The highest BCUT2D eigenvalue weighted by atomic mass is 16.5. The molecule has 0 aromatic heterocycles. The Morgan fingerprint density at radius 1 is 1.33 bits per heavy atom. The summed E-state index contributed by atoms with van der Waals surface area (Å²) < 4.78 is 4.69. The molecule has 0 saturated heterocycles. The Balaban J connectivity index is 2.15. The van der Waals surface area contributed by atoms with Gasteiger partial charge in [-0.25, -0.2) is 4.79 Å². The van der Waals surface area contributed by atoms with Crippen LogP contribution in [0.1, 0.15) is 29.8 Å². The van der Waals surface area contributed by atoms with E-state index in [-0.39, 0.29) is 24.2 Å². The molecule has 0 aliphatic carbocycles. The normalized spacial score (nSPS) is 14.4. The van der Waals surface area contributed by atoms with Gasteiger partial charge in [-0.3, -0.25) is 9.59 Å². The van der Waals surface area contributed by atoms with Crippen molar-refractivity contribution in [2.24, 2.45) is 5.92 Å². The van der Waals surface area contributed by atoms with E-state index in [4.69, 9.17) is 4.74 Å². The molecule has 0 unspecified atom stereocenters. The van der Waals surface area contributed by atoms with Crippen LogP contribution in [0.5, 0.6) is 0 Å². The van der Waals surface area contributed by atoms with Crippen LogP contribution in [-0.4, -0.2) is 30.9 Å². The highest BCUT2D eigenvalue weighted by molar-refractivity contribution is 6.02. The molecule has 1 heterocycles.